The van der Waals surface area contributed by atoms with E-state index in [1.165, 1.54) is 0 Å². The summed E-state index contributed by atoms with van der Waals surface area (Å²) in [4.78, 5) is 37.6. The second-order valence-corrected chi connectivity index (χ2v) is 7.55. The quantitative estimate of drug-likeness (QED) is 0.489. The van der Waals surface area contributed by atoms with Crippen molar-refractivity contribution in [2.45, 2.75) is 43.8 Å². The van der Waals surface area contributed by atoms with E-state index in [2.05, 4.69) is 16.0 Å². The van der Waals surface area contributed by atoms with Gasteiger partial charge in [-0.25, -0.2) is 0 Å². The Morgan fingerprint density at radius 1 is 0.900 bits per heavy atom. The molecule has 1 fully saturated rings. The van der Waals surface area contributed by atoms with Gasteiger partial charge in [0, 0.05) is 12.8 Å². The molecule has 1 aliphatic rings. The number of hydrogen-bond donors (Lipinski definition) is 4. The summed E-state index contributed by atoms with van der Waals surface area (Å²) in [7, 11) is 0. The van der Waals surface area contributed by atoms with E-state index >= 15 is 0 Å². The second-order valence-electron chi connectivity index (χ2n) is 7.55. The molecular weight excluding hydrogens is 380 g/mol. The van der Waals surface area contributed by atoms with E-state index in [-0.39, 0.29) is 18.4 Å². The third-order valence-corrected chi connectivity index (χ3v) is 5.24. The number of carbonyl (C=O) groups is 3. The summed E-state index contributed by atoms with van der Waals surface area (Å²) < 4.78 is 0. The first kappa shape index (κ1) is 21.5. The van der Waals surface area contributed by atoms with Crippen LogP contribution in [-0.2, 0) is 27.2 Å². The smallest absolute Gasteiger partial charge is 0.243 e. The highest BCUT2D eigenvalue weighted by atomic mass is 16.2. The highest BCUT2D eigenvalue weighted by molar-refractivity contribution is 5.93. The van der Waals surface area contributed by atoms with Crippen LogP contribution in [-0.4, -0.2) is 42.4 Å². The van der Waals surface area contributed by atoms with Crippen molar-refractivity contribution < 1.29 is 14.4 Å². The van der Waals surface area contributed by atoms with E-state index in [1.807, 2.05) is 60.7 Å². The van der Waals surface area contributed by atoms with Crippen molar-refractivity contribution >= 4 is 17.7 Å². The van der Waals surface area contributed by atoms with Crippen LogP contribution in [0.1, 0.15) is 24.0 Å². The zero-order valence-corrected chi connectivity index (χ0v) is 16.8. The molecule has 3 rings (SSSR count). The van der Waals surface area contributed by atoms with Crippen molar-refractivity contribution in [1.29, 1.82) is 0 Å². The first-order valence-electron chi connectivity index (χ1n) is 10.2. The van der Waals surface area contributed by atoms with Gasteiger partial charge in [0.25, 0.3) is 0 Å². The zero-order valence-electron chi connectivity index (χ0n) is 16.8. The van der Waals surface area contributed by atoms with Gasteiger partial charge >= 0.3 is 0 Å². The van der Waals surface area contributed by atoms with Gasteiger partial charge in [0.2, 0.25) is 17.7 Å². The van der Waals surface area contributed by atoms with Crippen LogP contribution in [0.4, 0.5) is 0 Å². The molecule has 1 heterocycles. The lowest BCUT2D eigenvalue weighted by atomic mass is 10.0. The number of nitrogens with one attached hydrogen (secondary N) is 3. The van der Waals surface area contributed by atoms with Crippen LogP contribution in [0.5, 0.6) is 0 Å². The highest BCUT2D eigenvalue weighted by Crippen LogP contribution is 2.09. The maximum atomic E-state index is 13.0. The molecule has 0 saturated carbocycles. The van der Waals surface area contributed by atoms with E-state index in [0.29, 0.717) is 6.42 Å². The van der Waals surface area contributed by atoms with Gasteiger partial charge in [0.15, 0.2) is 0 Å². The Kier molecular flexibility index (Phi) is 7.57. The summed E-state index contributed by atoms with van der Waals surface area (Å²) in [5.74, 6) is -1.25. The maximum absolute atomic E-state index is 13.0. The molecule has 3 amide bonds. The van der Waals surface area contributed by atoms with Crippen LogP contribution in [0.25, 0.3) is 0 Å². The molecule has 0 aromatic heterocycles. The fourth-order valence-electron chi connectivity index (χ4n) is 3.58. The molecule has 3 atom stereocenters. The molecule has 158 valence electrons. The normalized spacial score (nSPS) is 17.7. The lowest BCUT2D eigenvalue weighted by Gasteiger charge is -2.23. The van der Waals surface area contributed by atoms with Crippen LogP contribution in [0.15, 0.2) is 60.7 Å². The van der Waals surface area contributed by atoms with E-state index < -0.39 is 23.9 Å². The molecule has 2 aromatic carbocycles. The minimum Gasteiger partial charge on any atom is -0.368 e. The summed E-state index contributed by atoms with van der Waals surface area (Å²) in [6.07, 6.45) is 2.28. The van der Waals surface area contributed by atoms with Gasteiger partial charge in [-0.05, 0) is 30.5 Å². The largest absolute Gasteiger partial charge is 0.368 e. The van der Waals surface area contributed by atoms with Gasteiger partial charge in [-0.2, -0.15) is 0 Å². The summed E-state index contributed by atoms with van der Waals surface area (Å²) in [6.45, 7) is 0.786. The third kappa shape index (κ3) is 6.15. The third-order valence-electron chi connectivity index (χ3n) is 5.24. The number of hydrogen-bond acceptors (Lipinski definition) is 4. The van der Waals surface area contributed by atoms with Gasteiger partial charge in [-0.3, -0.25) is 14.4 Å². The molecule has 0 radical (unpaired) electrons. The minimum atomic E-state index is -0.861. The maximum Gasteiger partial charge on any atom is 0.243 e. The van der Waals surface area contributed by atoms with Gasteiger partial charge < -0.3 is 21.7 Å². The van der Waals surface area contributed by atoms with E-state index in [1.54, 1.807) is 0 Å². The fraction of sp³-hybridized carbons (Fsp3) is 0.348. The Morgan fingerprint density at radius 3 is 1.97 bits per heavy atom. The number of primary amides is 1. The standard InChI is InChI=1S/C23H28N4O3/c24-21(28)19(14-16-8-3-1-4-9-16)26-23(30)20(15-17-10-5-2-6-11-17)27-22(29)18-12-7-13-25-18/h1-6,8-11,18-20,25H,7,12-15H2,(H2,24,28)(H,26,30)(H,27,29). The lowest BCUT2D eigenvalue weighted by Crippen LogP contribution is -2.56. The van der Waals surface area contributed by atoms with Crippen molar-refractivity contribution in [3.8, 4) is 0 Å². The first-order valence-corrected chi connectivity index (χ1v) is 10.2. The van der Waals surface area contributed by atoms with E-state index in [4.69, 9.17) is 5.73 Å². The topological polar surface area (TPSA) is 113 Å². The molecule has 2 aromatic rings. The molecule has 0 spiro atoms. The average molecular weight is 409 g/mol. The van der Waals surface area contributed by atoms with E-state index in [0.717, 1.165) is 30.5 Å². The van der Waals surface area contributed by atoms with Crippen LogP contribution >= 0.6 is 0 Å². The molecular formula is C23H28N4O3. The van der Waals surface area contributed by atoms with Crippen LogP contribution in [0.2, 0.25) is 0 Å². The molecule has 7 nitrogen and oxygen atoms in total. The Morgan fingerprint density at radius 2 is 1.47 bits per heavy atom. The first-order chi connectivity index (χ1) is 14.5. The molecule has 30 heavy (non-hydrogen) atoms. The zero-order chi connectivity index (χ0) is 21.3. The van der Waals surface area contributed by atoms with Crippen LogP contribution in [0, 0.1) is 0 Å². The summed E-state index contributed by atoms with van der Waals surface area (Å²) in [5.41, 5.74) is 7.34. The predicted octanol–water partition coefficient (Wildman–Crippen LogP) is 0.679. The van der Waals surface area contributed by atoms with E-state index in [9.17, 15) is 14.4 Å². The van der Waals surface area contributed by atoms with Crippen LogP contribution in [0.3, 0.4) is 0 Å². The number of amides is 3. The van der Waals surface area contributed by atoms with Crippen molar-refractivity contribution in [3.63, 3.8) is 0 Å². The minimum absolute atomic E-state index is 0.206. The van der Waals surface area contributed by atoms with Gasteiger partial charge in [0.05, 0.1) is 6.04 Å². The predicted molar refractivity (Wildman–Crippen MR) is 114 cm³/mol. The number of benzene rings is 2. The van der Waals surface area contributed by atoms with Crippen molar-refractivity contribution in [2.24, 2.45) is 5.73 Å². The Bertz CT molecular complexity index is 851. The lowest BCUT2D eigenvalue weighted by molar-refractivity contribution is -0.131. The van der Waals surface area contributed by atoms with Crippen LogP contribution < -0.4 is 21.7 Å². The number of carbonyl (C=O) groups excluding carboxylic acids is 3. The molecule has 3 unspecified atom stereocenters. The monoisotopic (exact) mass is 408 g/mol. The highest BCUT2D eigenvalue weighted by Gasteiger charge is 2.29. The summed E-state index contributed by atoms with van der Waals surface area (Å²) >= 11 is 0. The fourth-order valence-corrected chi connectivity index (χ4v) is 3.58. The molecule has 0 bridgehead atoms. The number of rotatable bonds is 9. The van der Waals surface area contributed by atoms with Gasteiger partial charge in [-0.15, -0.1) is 0 Å². The molecule has 1 saturated heterocycles. The number of nitrogens with two attached hydrogens (primary N) is 1. The van der Waals surface area contributed by atoms with Crippen molar-refractivity contribution in [3.05, 3.63) is 71.8 Å². The van der Waals surface area contributed by atoms with Gasteiger partial charge in [0.1, 0.15) is 12.1 Å². The van der Waals surface area contributed by atoms with Crippen molar-refractivity contribution in [2.75, 3.05) is 6.54 Å². The SMILES string of the molecule is NC(=O)C(Cc1ccccc1)NC(=O)C(Cc1ccccc1)NC(=O)C1CCCN1. The average Bonchev–Trinajstić information content (AvgIpc) is 3.29. The molecule has 0 aliphatic carbocycles. The van der Waals surface area contributed by atoms with Crippen molar-refractivity contribution in [1.82, 2.24) is 16.0 Å². The molecule has 7 heteroatoms. The summed E-state index contributed by atoms with van der Waals surface area (Å²) in [5, 5.41) is 8.72. The molecule has 1 aliphatic heterocycles. The Balaban J connectivity index is 1.71. The Labute approximate surface area is 176 Å². The summed E-state index contributed by atoms with van der Waals surface area (Å²) in [6, 6.07) is 16.8. The second kappa shape index (κ2) is 10.5. The van der Waals surface area contributed by atoms with Gasteiger partial charge in [-0.1, -0.05) is 60.7 Å². The molecule has 5 N–H and O–H groups in total. The Hall–Kier alpha value is -3.19.